The topological polar surface area (TPSA) is 138 Å². The third-order valence-electron chi connectivity index (χ3n) is 8.14. The minimum absolute atomic E-state index is 0.00223. The number of hydrogen-bond acceptors (Lipinski definition) is 8. The average molecular weight is 604 g/mol. The molecule has 9 heteroatoms. The van der Waals surface area contributed by atoms with E-state index >= 15 is 0 Å². The summed E-state index contributed by atoms with van der Waals surface area (Å²) in [5.74, 6) is -0.0679. The van der Waals surface area contributed by atoms with Crippen molar-refractivity contribution >= 4 is 5.91 Å². The maximum Gasteiger partial charge on any atom is 0.220 e. The minimum Gasteiger partial charge on any atom is -0.394 e. The summed E-state index contributed by atoms with van der Waals surface area (Å²) >= 11 is 0. The lowest BCUT2D eigenvalue weighted by molar-refractivity contribution is -0.302. The third kappa shape index (κ3) is 18.8. The summed E-state index contributed by atoms with van der Waals surface area (Å²) in [5.41, 5.74) is 0. The first-order valence-electron chi connectivity index (χ1n) is 17.2. The van der Waals surface area contributed by atoms with E-state index in [9.17, 15) is 25.2 Å². The predicted molar refractivity (Wildman–Crippen MR) is 166 cm³/mol. The predicted octanol–water partition coefficient (Wildman–Crippen LogP) is 5.15. The van der Waals surface area contributed by atoms with Crippen molar-refractivity contribution in [1.82, 2.24) is 5.32 Å². The average Bonchev–Trinajstić information content (AvgIpc) is 2.99. The van der Waals surface area contributed by atoms with Crippen LogP contribution in [0.2, 0.25) is 0 Å². The van der Waals surface area contributed by atoms with Crippen molar-refractivity contribution in [3.8, 4) is 0 Å². The Morgan fingerprint density at radius 2 is 1.19 bits per heavy atom. The van der Waals surface area contributed by atoms with Gasteiger partial charge in [-0.3, -0.25) is 4.79 Å². The number of carbonyl (C=O) groups is 1. The van der Waals surface area contributed by atoms with Crippen molar-refractivity contribution in [2.24, 2.45) is 0 Å². The van der Waals surface area contributed by atoms with Crippen LogP contribution in [-0.2, 0) is 19.0 Å². The van der Waals surface area contributed by atoms with E-state index < -0.39 is 43.4 Å². The number of unbranched alkanes of at least 4 members (excludes halogenated alkanes) is 17. The van der Waals surface area contributed by atoms with Gasteiger partial charge in [-0.05, 0) is 12.8 Å². The fourth-order valence-corrected chi connectivity index (χ4v) is 5.36. The summed E-state index contributed by atoms with van der Waals surface area (Å²) in [4.78, 5) is 12.7. The van der Waals surface area contributed by atoms with Crippen LogP contribution in [0.3, 0.4) is 0 Å². The standard InChI is InChI=1S/C33H65NO8/c1-3-5-7-9-10-11-12-13-14-15-16-17-18-19-20-22-29(36)34-27(25-40-23-21-8-6-4-2)26-41-33-32(39)31(38)30(37)28(24-35)42-33/h27-28,30-33,35,37-39H,3-26H2,1-2H3,(H,34,36)/t27?,28-,30+,31+,32-,33-/m1/s1. The second-order valence-corrected chi connectivity index (χ2v) is 12.1. The number of carbonyl (C=O) groups excluding carboxylic acids is 1. The first kappa shape index (κ1) is 39.2. The fourth-order valence-electron chi connectivity index (χ4n) is 5.36. The fraction of sp³-hybridized carbons (Fsp3) is 0.970. The molecule has 0 aromatic carbocycles. The highest BCUT2D eigenvalue weighted by Gasteiger charge is 2.44. The van der Waals surface area contributed by atoms with Crippen LogP contribution in [0, 0.1) is 0 Å². The van der Waals surface area contributed by atoms with Gasteiger partial charge in [-0.15, -0.1) is 0 Å². The van der Waals surface area contributed by atoms with Gasteiger partial charge in [0.1, 0.15) is 24.4 Å². The zero-order chi connectivity index (χ0) is 30.8. The molecule has 1 saturated heterocycles. The van der Waals surface area contributed by atoms with Crippen LogP contribution in [0.4, 0.5) is 0 Å². The van der Waals surface area contributed by atoms with Crippen molar-refractivity contribution in [3.05, 3.63) is 0 Å². The molecule has 1 aliphatic rings. The number of amides is 1. The van der Waals surface area contributed by atoms with E-state index in [0.717, 1.165) is 44.9 Å². The van der Waals surface area contributed by atoms with Crippen LogP contribution in [-0.4, -0.2) is 89.5 Å². The second-order valence-electron chi connectivity index (χ2n) is 12.1. The molecule has 1 unspecified atom stereocenters. The number of hydrogen-bond donors (Lipinski definition) is 5. The zero-order valence-electron chi connectivity index (χ0n) is 26.9. The second kappa shape index (κ2) is 26.6. The monoisotopic (exact) mass is 603 g/mol. The summed E-state index contributed by atoms with van der Waals surface area (Å²) in [6.45, 7) is 4.74. The zero-order valence-corrected chi connectivity index (χ0v) is 26.9. The van der Waals surface area contributed by atoms with Crippen LogP contribution in [0.25, 0.3) is 0 Å². The summed E-state index contributed by atoms with van der Waals surface area (Å²) in [6, 6.07) is -0.451. The third-order valence-corrected chi connectivity index (χ3v) is 8.14. The molecule has 250 valence electrons. The van der Waals surface area contributed by atoms with Crippen molar-refractivity contribution in [3.63, 3.8) is 0 Å². The van der Waals surface area contributed by atoms with Gasteiger partial charge >= 0.3 is 0 Å². The molecule has 6 atom stereocenters. The Hall–Kier alpha value is -0.810. The van der Waals surface area contributed by atoms with E-state index in [1.54, 1.807) is 0 Å². The van der Waals surface area contributed by atoms with E-state index in [0.29, 0.717) is 13.0 Å². The molecule has 0 aliphatic carbocycles. The quantitative estimate of drug-likeness (QED) is 0.0775. The van der Waals surface area contributed by atoms with Gasteiger partial charge in [-0.2, -0.15) is 0 Å². The molecule has 1 amide bonds. The molecule has 0 bridgehead atoms. The molecular weight excluding hydrogens is 538 g/mol. The lowest BCUT2D eigenvalue weighted by Crippen LogP contribution is -2.59. The first-order chi connectivity index (χ1) is 20.4. The van der Waals surface area contributed by atoms with Gasteiger partial charge in [-0.25, -0.2) is 0 Å². The Bertz CT molecular complexity index is 623. The highest BCUT2D eigenvalue weighted by atomic mass is 16.7. The van der Waals surface area contributed by atoms with Crippen LogP contribution in [0.5, 0.6) is 0 Å². The molecule has 9 nitrogen and oxygen atoms in total. The van der Waals surface area contributed by atoms with E-state index in [-0.39, 0.29) is 19.1 Å². The van der Waals surface area contributed by atoms with Crippen molar-refractivity contribution in [2.45, 2.75) is 179 Å². The summed E-state index contributed by atoms with van der Waals surface area (Å²) < 4.78 is 16.9. The molecule has 0 spiro atoms. The van der Waals surface area contributed by atoms with E-state index in [4.69, 9.17) is 14.2 Å². The van der Waals surface area contributed by atoms with Gasteiger partial charge in [0, 0.05) is 13.0 Å². The lowest BCUT2D eigenvalue weighted by Gasteiger charge is -2.40. The van der Waals surface area contributed by atoms with Crippen LogP contribution < -0.4 is 5.32 Å². The highest BCUT2D eigenvalue weighted by Crippen LogP contribution is 2.22. The van der Waals surface area contributed by atoms with E-state index in [1.165, 1.54) is 77.0 Å². The summed E-state index contributed by atoms with van der Waals surface area (Å²) in [6.07, 6.45) is 17.2. The minimum atomic E-state index is -1.51. The molecule has 0 aromatic rings. The van der Waals surface area contributed by atoms with Crippen molar-refractivity contribution < 1.29 is 39.4 Å². The Morgan fingerprint density at radius 1 is 0.690 bits per heavy atom. The van der Waals surface area contributed by atoms with Gasteiger partial charge in [-0.1, -0.05) is 123 Å². The Morgan fingerprint density at radius 3 is 1.71 bits per heavy atom. The maximum atomic E-state index is 12.7. The molecule has 1 rings (SSSR count). The van der Waals surface area contributed by atoms with Gasteiger partial charge in [0.25, 0.3) is 0 Å². The van der Waals surface area contributed by atoms with Crippen molar-refractivity contribution in [2.75, 3.05) is 26.4 Å². The molecule has 5 N–H and O–H groups in total. The van der Waals surface area contributed by atoms with Crippen LogP contribution in [0.15, 0.2) is 0 Å². The van der Waals surface area contributed by atoms with Gasteiger partial charge < -0.3 is 40.0 Å². The first-order valence-corrected chi connectivity index (χ1v) is 17.2. The molecule has 0 aromatic heterocycles. The summed E-state index contributed by atoms with van der Waals surface area (Å²) in [5, 5.41) is 42.6. The molecule has 1 heterocycles. The van der Waals surface area contributed by atoms with Crippen LogP contribution in [0.1, 0.15) is 142 Å². The molecule has 1 aliphatic heterocycles. The Labute approximate surface area is 256 Å². The maximum absolute atomic E-state index is 12.7. The van der Waals surface area contributed by atoms with Crippen LogP contribution >= 0.6 is 0 Å². The van der Waals surface area contributed by atoms with Gasteiger partial charge in [0.05, 0.1) is 25.9 Å². The molecule has 0 saturated carbocycles. The molecular formula is C33H65NO8. The largest absolute Gasteiger partial charge is 0.394 e. The Balaban J connectivity index is 2.25. The number of nitrogens with one attached hydrogen (secondary N) is 1. The number of aliphatic hydroxyl groups is 4. The molecule has 0 radical (unpaired) electrons. The van der Waals surface area contributed by atoms with E-state index in [2.05, 4.69) is 19.2 Å². The van der Waals surface area contributed by atoms with Crippen molar-refractivity contribution in [1.29, 1.82) is 0 Å². The summed E-state index contributed by atoms with van der Waals surface area (Å²) in [7, 11) is 0. The Kier molecular flexibility index (Phi) is 24.8. The number of aliphatic hydroxyl groups excluding tert-OH is 4. The highest BCUT2D eigenvalue weighted by molar-refractivity contribution is 5.76. The smallest absolute Gasteiger partial charge is 0.220 e. The van der Waals surface area contributed by atoms with E-state index in [1.807, 2.05) is 0 Å². The molecule has 1 fully saturated rings. The van der Waals surface area contributed by atoms with Gasteiger partial charge in [0.2, 0.25) is 5.91 Å². The number of ether oxygens (including phenoxy) is 3. The number of rotatable bonds is 28. The normalized spacial score (nSPS) is 23.2. The SMILES string of the molecule is CCCCCCCCCCCCCCCCCC(=O)NC(COCCCCCC)CO[C@@H]1O[C@H](CO)[C@H](O)[C@H](O)[C@H]1O. The molecule has 42 heavy (non-hydrogen) atoms. The lowest BCUT2D eigenvalue weighted by atomic mass is 9.99. The van der Waals surface area contributed by atoms with Gasteiger partial charge in [0.15, 0.2) is 6.29 Å².